The van der Waals surface area contributed by atoms with Crippen molar-refractivity contribution in [1.82, 2.24) is 14.8 Å². The summed E-state index contributed by atoms with van der Waals surface area (Å²) in [5.74, 6) is -0.112. The summed E-state index contributed by atoms with van der Waals surface area (Å²) < 4.78 is 7.07. The molecule has 0 atom stereocenters. The van der Waals surface area contributed by atoms with Crippen LogP contribution in [0.15, 0.2) is 54.7 Å². The molecule has 0 spiro atoms. The number of nitrogens with zero attached hydrogens (tertiary/aromatic N) is 4. The Morgan fingerprint density at radius 1 is 1.22 bits per heavy atom. The average molecular weight is 431 g/mol. The van der Waals surface area contributed by atoms with Gasteiger partial charge in [-0.05, 0) is 38.1 Å². The fraction of sp³-hybridized carbons (Fsp3) is 0.174. The van der Waals surface area contributed by atoms with Crippen molar-refractivity contribution in [3.05, 3.63) is 76.1 Å². The van der Waals surface area contributed by atoms with E-state index in [2.05, 4.69) is 15.4 Å². The smallest absolute Gasteiger partial charge is 0.296 e. The molecule has 0 fully saturated rings. The summed E-state index contributed by atoms with van der Waals surface area (Å²) in [7, 11) is 1.83. The molecule has 0 saturated carbocycles. The van der Waals surface area contributed by atoms with Crippen molar-refractivity contribution in [3.8, 4) is 17.0 Å². The molecule has 0 aliphatic rings. The fourth-order valence-corrected chi connectivity index (χ4v) is 3.47. The number of nitro benzene ring substituents is 1. The van der Waals surface area contributed by atoms with Gasteiger partial charge in [0.2, 0.25) is 0 Å². The summed E-state index contributed by atoms with van der Waals surface area (Å²) in [6.45, 7) is 4.09. The van der Waals surface area contributed by atoms with Crippen LogP contribution in [0, 0.1) is 17.0 Å². The number of hydrogen-bond acceptors (Lipinski definition) is 6. The van der Waals surface area contributed by atoms with Gasteiger partial charge in [0.1, 0.15) is 11.4 Å². The van der Waals surface area contributed by atoms with Crippen LogP contribution in [0.5, 0.6) is 5.75 Å². The van der Waals surface area contributed by atoms with Crippen molar-refractivity contribution >= 4 is 28.2 Å². The number of aryl methyl sites for hydroxylation is 1. The molecule has 0 radical (unpaired) electrons. The molecule has 32 heavy (non-hydrogen) atoms. The Balaban J connectivity index is 1.79. The molecule has 0 aliphatic heterocycles. The summed E-state index contributed by atoms with van der Waals surface area (Å²) >= 11 is 0. The zero-order chi connectivity index (χ0) is 22.8. The van der Waals surface area contributed by atoms with E-state index in [-0.39, 0.29) is 11.4 Å². The Labute approximate surface area is 183 Å². The Bertz CT molecular complexity index is 1350. The first-order valence-corrected chi connectivity index (χ1v) is 10.0. The number of para-hydroxylation sites is 1. The van der Waals surface area contributed by atoms with E-state index < -0.39 is 10.8 Å². The number of aromatic nitrogens is 3. The summed E-state index contributed by atoms with van der Waals surface area (Å²) in [6.07, 6.45) is 1.70. The van der Waals surface area contributed by atoms with E-state index in [0.29, 0.717) is 34.5 Å². The molecule has 1 amide bonds. The topological polar surface area (TPSA) is 112 Å². The van der Waals surface area contributed by atoms with Crippen molar-refractivity contribution in [2.24, 2.45) is 7.05 Å². The molecule has 9 nitrogen and oxygen atoms in total. The molecule has 162 valence electrons. The fourth-order valence-electron chi connectivity index (χ4n) is 3.47. The lowest BCUT2D eigenvalue weighted by molar-refractivity contribution is -0.384. The number of pyridine rings is 1. The normalized spacial score (nSPS) is 10.8. The van der Waals surface area contributed by atoms with Crippen LogP contribution in [-0.4, -0.2) is 32.2 Å². The highest BCUT2D eigenvalue weighted by Crippen LogP contribution is 2.31. The largest absolute Gasteiger partial charge is 0.494 e. The molecule has 0 saturated heterocycles. The Morgan fingerprint density at radius 2 is 2.00 bits per heavy atom. The number of hydrogen-bond donors (Lipinski definition) is 1. The van der Waals surface area contributed by atoms with Crippen LogP contribution in [0.25, 0.3) is 22.2 Å². The lowest BCUT2D eigenvalue weighted by Crippen LogP contribution is -2.14. The predicted molar refractivity (Wildman–Crippen MR) is 121 cm³/mol. The molecular weight excluding hydrogens is 410 g/mol. The van der Waals surface area contributed by atoms with E-state index in [1.165, 1.54) is 12.1 Å². The molecule has 4 rings (SSSR count). The van der Waals surface area contributed by atoms with Crippen LogP contribution in [0.2, 0.25) is 0 Å². The molecule has 1 N–H and O–H groups in total. The highest BCUT2D eigenvalue weighted by atomic mass is 16.6. The van der Waals surface area contributed by atoms with Gasteiger partial charge in [0, 0.05) is 23.7 Å². The summed E-state index contributed by atoms with van der Waals surface area (Å²) in [4.78, 5) is 29.0. The van der Waals surface area contributed by atoms with Gasteiger partial charge >= 0.3 is 0 Å². The van der Waals surface area contributed by atoms with E-state index in [9.17, 15) is 14.9 Å². The molecule has 4 aromatic rings. The van der Waals surface area contributed by atoms with Gasteiger partial charge in [-0.25, -0.2) is 4.98 Å². The minimum absolute atomic E-state index is 0.0865. The summed E-state index contributed by atoms with van der Waals surface area (Å²) in [5, 5.41) is 19.2. The van der Waals surface area contributed by atoms with Crippen molar-refractivity contribution < 1.29 is 14.5 Å². The number of anilines is 1. The second-order valence-electron chi connectivity index (χ2n) is 7.16. The number of carbonyl (C=O) groups excluding carboxylic acids is 1. The van der Waals surface area contributed by atoms with E-state index in [4.69, 9.17) is 4.74 Å². The van der Waals surface area contributed by atoms with Gasteiger partial charge in [-0.1, -0.05) is 18.2 Å². The van der Waals surface area contributed by atoms with Gasteiger partial charge in [0.15, 0.2) is 0 Å². The molecule has 0 unspecified atom stereocenters. The number of nitrogens with one attached hydrogen (secondary N) is 1. The first-order valence-electron chi connectivity index (χ1n) is 10.0. The van der Waals surface area contributed by atoms with Crippen LogP contribution < -0.4 is 10.1 Å². The predicted octanol–water partition coefficient (Wildman–Crippen LogP) is 4.50. The zero-order valence-electron chi connectivity index (χ0n) is 17.8. The lowest BCUT2D eigenvalue weighted by Gasteiger charge is -2.11. The molecular formula is C23H21N5O4. The van der Waals surface area contributed by atoms with Crippen molar-refractivity contribution in [1.29, 1.82) is 0 Å². The van der Waals surface area contributed by atoms with Gasteiger partial charge in [0.05, 0.1) is 40.6 Å². The van der Waals surface area contributed by atoms with Gasteiger partial charge in [0.25, 0.3) is 11.6 Å². The highest BCUT2D eigenvalue weighted by Gasteiger charge is 2.21. The van der Waals surface area contributed by atoms with E-state index >= 15 is 0 Å². The first kappa shape index (κ1) is 21.0. The third-order valence-electron chi connectivity index (χ3n) is 5.20. The maximum absolute atomic E-state index is 13.3. The standard InChI is InChI=1S/C23H21N5O4/c1-4-32-15-9-10-20(22(11-15)28(30)31)26-23(29)17-12-21(18-13-24-27(3)14(18)2)25-19-8-6-5-7-16(17)19/h5-13H,4H2,1-3H3,(H,26,29). The van der Waals surface area contributed by atoms with E-state index in [0.717, 1.165) is 11.3 Å². The summed E-state index contributed by atoms with van der Waals surface area (Å²) in [6, 6.07) is 13.3. The third kappa shape index (κ3) is 3.87. The number of benzene rings is 2. The van der Waals surface area contributed by atoms with E-state index in [1.807, 2.05) is 32.2 Å². The second kappa shape index (κ2) is 8.46. The zero-order valence-corrected chi connectivity index (χ0v) is 17.8. The number of carbonyl (C=O) groups is 1. The number of amides is 1. The van der Waals surface area contributed by atoms with Gasteiger partial charge in [-0.2, -0.15) is 5.10 Å². The third-order valence-corrected chi connectivity index (χ3v) is 5.20. The van der Waals surface area contributed by atoms with Crippen molar-refractivity contribution in [2.75, 3.05) is 11.9 Å². The summed E-state index contributed by atoms with van der Waals surface area (Å²) in [5.41, 5.74) is 3.15. The molecule has 2 aromatic heterocycles. The molecule has 0 aliphatic carbocycles. The van der Waals surface area contributed by atoms with Crippen LogP contribution >= 0.6 is 0 Å². The quantitative estimate of drug-likeness (QED) is 0.355. The SMILES string of the molecule is CCOc1ccc(NC(=O)c2cc(-c3cnn(C)c3C)nc3ccccc23)c([N+](=O)[O-])c1. The monoisotopic (exact) mass is 431 g/mol. The maximum atomic E-state index is 13.3. The molecule has 2 heterocycles. The molecule has 9 heteroatoms. The number of rotatable bonds is 6. The van der Waals surface area contributed by atoms with Crippen molar-refractivity contribution in [3.63, 3.8) is 0 Å². The van der Waals surface area contributed by atoms with Crippen LogP contribution in [0.4, 0.5) is 11.4 Å². The minimum atomic E-state index is -0.548. The first-order chi connectivity index (χ1) is 15.4. The molecule has 0 bridgehead atoms. The average Bonchev–Trinajstić information content (AvgIpc) is 3.12. The van der Waals surface area contributed by atoms with Crippen LogP contribution in [-0.2, 0) is 7.05 Å². The van der Waals surface area contributed by atoms with Crippen molar-refractivity contribution in [2.45, 2.75) is 13.8 Å². The Morgan fingerprint density at radius 3 is 2.69 bits per heavy atom. The lowest BCUT2D eigenvalue weighted by atomic mass is 10.0. The number of ether oxygens (including phenoxy) is 1. The highest BCUT2D eigenvalue weighted by molar-refractivity contribution is 6.13. The van der Waals surface area contributed by atoms with Gasteiger partial charge in [-0.3, -0.25) is 19.6 Å². The van der Waals surface area contributed by atoms with Gasteiger partial charge < -0.3 is 10.1 Å². The van der Waals surface area contributed by atoms with E-state index in [1.54, 1.807) is 36.0 Å². The van der Waals surface area contributed by atoms with Crippen LogP contribution in [0.3, 0.4) is 0 Å². The number of nitro groups is 1. The maximum Gasteiger partial charge on any atom is 0.296 e. The van der Waals surface area contributed by atoms with Crippen LogP contribution in [0.1, 0.15) is 23.0 Å². The number of fused-ring (bicyclic) bond motifs is 1. The molecule has 2 aromatic carbocycles. The van der Waals surface area contributed by atoms with Gasteiger partial charge in [-0.15, -0.1) is 0 Å². The second-order valence-corrected chi connectivity index (χ2v) is 7.16. The Hall–Kier alpha value is -4.27. The Kier molecular flexibility index (Phi) is 5.55. The minimum Gasteiger partial charge on any atom is -0.494 e.